The zero-order chi connectivity index (χ0) is 21.1. The monoisotopic (exact) mass is 419 g/mol. The Morgan fingerprint density at radius 3 is 2.43 bits per heavy atom. The molecule has 1 atom stereocenters. The van der Waals surface area contributed by atoms with Crippen molar-refractivity contribution in [2.45, 2.75) is 12.5 Å². The average Bonchev–Trinajstić information content (AvgIpc) is 3.41. The molecule has 4 rings (SSSR count). The Morgan fingerprint density at radius 2 is 1.80 bits per heavy atom. The largest absolute Gasteiger partial charge is 0.503 e. The molecule has 1 aliphatic heterocycles. The summed E-state index contributed by atoms with van der Waals surface area (Å²) in [6.45, 7) is 0.380. The van der Waals surface area contributed by atoms with Crippen LogP contribution in [0.4, 0.5) is 0 Å². The van der Waals surface area contributed by atoms with Crippen LogP contribution in [-0.2, 0) is 11.2 Å². The molecule has 152 valence electrons. The number of hydrogen-bond acceptors (Lipinski definition) is 5. The molecule has 1 N–H and O–H groups in total. The molecule has 0 aliphatic carbocycles. The second-order valence-electron chi connectivity index (χ2n) is 6.98. The average molecular weight is 420 g/mol. The van der Waals surface area contributed by atoms with Gasteiger partial charge in [-0.15, -0.1) is 11.3 Å². The van der Waals surface area contributed by atoms with E-state index in [2.05, 4.69) is 0 Å². The van der Waals surface area contributed by atoms with Gasteiger partial charge in [-0.1, -0.05) is 48.5 Å². The molecule has 0 fully saturated rings. The van der Waals surface area contributed by atoms with Gasteiger partial charge in [0.25, 0.3) is 5.91 Å². The summed E-state index contributed by atoms with van der Waals surface area (Å²) >= 11 is 1.29. The number of ether oxygens (including phenoxy) is 1. The van der Waals surface area contributed by atoms with Gasteiger partial charge in [0.2, 0.25) is 5.78 Å². The van der Waals surface area contributed by atoms with Gasteiger partial charge >= 0.3 is 0 Å². The van der Waals surface area contributed by atoms with Crippen LogP contribution in [-0.4, -0.2) is 35.4 Å². The number of ketones is 1. The van der Waals surface area contributed by atoms with E-state index >= 15 is 0 Å². The Kier molecular flexibility index (Phi) is 5.68. The molecule has 0 spiro atoms. The van der Waals surface area contributed by atoms with E-state index in [-0.39, 0.29) is 11.4 Å². The highest BCUT2D eigenvalue weighted by molar-refractivity contribution is 7.12. The summed E-state index contributed by atoms with van der Waals surface area (Å²) in [4.78, 5) is 28.2. The summed E-state index contributed by atoms with van der Waals surface area (Å²) in [6.07, 6.45) is 0.618. The Morgan fingerprint density at radius 1 is 1.07 bits per heavy atom. The summed E-state index contributed by atoms with van der Waals surface area (Å²) in [6, 6.07) is 19.9. The van der Waals surface area contributed by atoms with Crippen molar-refractivity contribution in [3.63, 3.8) is 0 Å². The Hall–Kier alpha value is -3.38. The second kappa shape index (κ2) is 8.55. The van der Waals surface area contributed by atoms with Crippen molar-refractivity contribution in [2.24, 2.45) is 0 Å². The molecule has 0 radical (unpaired) electrons. The van der Waals surface area contributed by atoms with Crippen molar-refractivity contribution in [1.29, 1.82) is 0 Å². The highest BCUT2D eigenvalue weighted by Gasteiger charge is 2.43. The van der Waals surface area contributed by atoms with Gasteiger partial charge in [-0.2, -0.15) is 0 Å². The quantitative estimate of drug-likeness (QED) is 0.570. The first-order valence-corrected chi connectivity index (χ1v) is 10.5. The third-order valence-electron chi connectivity index (χ3n) is 5.21. The number of benzene rings is 2. The lowest BCUT2D eigenvalue weighted by molar-refractivity contribution is -0.129. The van der Waals surface area contributed by atoms with Gasteiger partial charge in [-0.05, 0) is 41.1 Å². The number of hydrogen-bond donors (Lipinski definition) is 1. The summed E-state index contributed by atoms with van der Waals surface area (Å²) in [7, 11) is 1.58. The number of nitrogens with zero attached hydrogens (tertiary/aromatic N) is 1. The molecular weight excluding hydrogens is 398 g/mol. The van der Waals surface area contributed by atoms with Gasteiger partial charge in [-0.25, -0.2) is 0 Å². The Bertz CT molecular complexity index is 1070. The fourth-order valence-corrected chi connectivity index (χ4v) is 4.36. The highest BCUT2D eigenvalue weighted by Crippen LogP contribution is 2.40. The minimum absolute atomic E-state index is 0.126. The zero-order valence-electron chi connectivity index (χ0n) is 16.4. The van der Waals surface area contributed by atoms with E-state index in [4.69, 9.17) is 4.74 Å². The third-order valence-corrected chi connectivity index (χ3v) is 6.08. The molecule has 2 heterocycles. The smallest absolute Gasteiger partial charge is 0.290 e. The minimum atomic E-state index is -0.651. The molecule has 5 nitrogen and oxygen atoms in total. The molecule has 0 saturated heterocycles. The lowest BCUT2D eigenvalue weighted by Gasteiger charge is -2.27. The lowest BCUT2D eigenvalue weighted by Crippen LogP contribution is -2.33. The number of thiophene rings is 1. The van der Waals surface area contributed by atoms with E-state index in [0.29, 0.717) is 23.6 Å². The number of aliphatic hydroxyl groups is 1. The normalized spacial score (nSPS) is 16.2. The first-order valence-electron chi connectivity index (χ1n) is 9.60. The van der Waals surface area contributed by atoms with Crippen LogP contribution >= 0.6 is 11.3 Å². The van der Waals surface area contributed by atoms with Crippen molar-refractivity contribution in [2.75, 3.05) is 13.7 Å². The maximum absolute atomic E-state index is 13.2. The van der Waals surface area contributed by atoms with Crippen LogP contribution in [0.25, 0.3) is 0 Å². The fourth-order valence-electron chi connectivity index (χ4n) is 3.68. The van der Waals surface area contributed by atoms with E-state index in [1.807, 2.05) is 42.5 Å². The summed E-state index contributed by atoms with van der Waals surface area (Å²) in [5, 5.41) is 12.5. The molecule has 0 bridgehead atoms. The summed E-state index contributed by atoms with van der Waals surface area (Å²) in [5.74, 6) is -0.633. The van der Waals surface area contributed by atoms with Gasteiger partial charge < -0.3 is 14.7 Å². The predicted octanol–water partition coefficient (Wildman–Crippen LogP) is 4.58. The van der Waals surface area contributed by atoms with E-state index in [1.54, 1.807) is 41.7 Å². The molecule has 1 unspecified atom stereocenters. The SMILES string of the molecule is COc1ccc(C2C(C(=O)c3cccs3)=C(O)C(=O)N2CCc2ccccc2)cc1. The van der Waals surface area contributed by atoms with Crippen molar-refractivity contribution in [3.8, 4) is 5.75 Å². The van der Waals surface area contributed by atoms with E-state index in [0.717, 1.165) is 11.1 Å². The van der Waals surface area contributed by atoms with Crippen LogP contribution in [0.5, 0.6) is 5.75 Å². The molecular formula is C24H21NO4S. The number of aliphatic hydroxyl groups excluding tert-OH is 1. The number of rotatable bonds is 7. The van der Waals surface area contributed by atoms with Crippen LogP contribution in [0.3, 0.4) is 0 Å². The lowest BCUT2D eigenvalue weighted by atomic mass is 9.95. The van der Waals surface area contributed by atoms with Gasteiger partial charge in [0.05, 0.1) is 23.6 Å². The van der Waals surface area contributed by atoms with Crippen LogP contribution in [0.2, 0.25) is 0 Å². The maximum Gasteiger partial charge on any atom is 0.290 e. The topological polar surface area (TPSA) is 66.8 Å². The first kappa shape index (κ1) is 19.9. The first-order chi connectivity index (χ1) is 14.6. The molecule has 6 heteroatoms. The van der Waals surface area contributed by atoms with E-state index in [1.165, 1.54) is 11.3 Å². The molecule has 0 saturated carbocycles. The standard InChI is InChI=1S/C24H21NO4S/c1-29-18-11-9-17(10-12-18)21-20(22(26)19-8-5-15-30-19)23(27)24(28)25(21)14-13-16-6-3-2-4-7-16/h2-12,15,21,27H,13-14H2,1H3. The molecule has 1 aliphatic rings. The fraction of sp³-hybridized carbons (Fsp3) is 0.167. The number of Topliss-reactive ketones (excluding diaryl/α,β-unsaturated/α-hetero) is 1. The third kappa shape index (κ3) is 3.74. The predicted molar refractivity (Wildman–Crippen MR) is 116 cm³/mol. The number of methoxy groups -OCH3 is 1. The van der Waals surface area contributed by atoms with Crippen LogP contribution in [0, 0.1) is 0 Å². The van der Waals surface area contributed by atoms with Gasteiger partial charge in [0, 0.05) is 6.54 Å². The Balaban J connectivity index is 1.71. The van der Waals surface area contributed by atoms with E-state index in [9.17, 15) is 14.7 Å². The van der Waals surface area contributed by atoms with Crippen LogP contribution in [0.15, 0.2) is 83.4 Å². The number of amides is 1. The van der Waals surface area contributed by atoms with E-state index < -0.39 is 17.7 Å². The zero-order valence-corrected chi connectivity index (χ0v) is 17.3. The van der Waals surface area contributed by atoms with Gasteiger partial charge in [0.1, 0.15) is 5.75 Å². The van der Waals surface area contributed by atoms with Gasteiger partial charge in [-0.3, -0.25) is 9.59 Å². The van der Waals surface area contributed by atoms with Crippen molar-refractivity contribution in [1.82, 2.24) is 4.90 Å². The highest BCUT2D eigenvalue weighted by atomic mass is 32.1. The molecule has 1 aromatic heterocycles. The number of carbonyl (C=O) groups is 2. The molecule has 30 heavy (non-hydrogen) atoms. The van der Waals surface area contributed by atoms with Crippen LogP contribution in [0.1, 0.15) is 26.8 Å². The second-order valence-corrected chi connectivity index (χ2v) is 7.93. The van der Waals surface area contributed by atoms with Crippen molar-refractivity contribution in [3.05, 3.63) is 99.4 Å². The minimum Gasteiger partial charge on any atom is -0.503 e. The van der Waals surface area contributed by atoms with Crippen molar-refractivity contribution < 1.29 is 19.4 Å². The Labute approximate surface area is 178 Å². The molecule has 1 amide bonds. The molecule has 2 aromatic carbocycles. The van der Waals surface area contributed by atoms with Crippen LogP contribution < -0.4 is 4.74 Å². The van der Waals surface area contributed by atoms with Gasteiger partial charge in [0.15, 0.2) is 5.76 Å². The summed E-state index contributed by atoms with van der Waals surface area (Å²) in [5.41, 5.74) is 1.96. The summed E-state index contributed by atoms with van der Waals surface area (Å²) < 4.78 is 5.23. The molecule has 3 aromatic rings. The maximum atomic E-state index is 13.2. The number of carbonyl (C=O) groups excluding carboxylic acids is 2. The van der Waals surface area contributed by atoms with Crippen molar-refractivity contribution >= 4 is 23.0 Å².